The van der Waals surface area contributed by atoms with Crippen molar-refractivity contribution in [3.63, 3.8) is 0 Å². The molecule has 0 aliphatic carbocycles. The third-order valence-corrected chi connectivity index (χ3v) is 10.7. The third kappa shape index (κ3) is 47.7. The van der Waals surface area contributed by atoms with E-state index in [1.54, 1.807) is 0 Å². The first kappa shape index (κ1) is 57.9. The van der Waals surface area contributed by atoms with Crippen LogP contribution in [-0.4, -0.2) is 37.2 Å². The van der Waals surface area contributed by atoms with Crippen molar-refractivity contribution in [2.45, 2.75) is 245 Å². The Morgan fingerprint density at radius 2 is 0.607 bits per heavy atom. The minimum Gasteiger partial charge on any atom is -0.462 e. The summed E-state index contributed by atoms with van der Waals surface area (Å²) in [4.78, 5) is 37.9. The number of rotatable bonds is 45. The SMILES string of the molecule is CCCCC/C=C\C/C=C\C/C=C\C/C=C\CCCC(=O)OCC(COC(=O)CCCCC/C=C\CCCCCCCC)OC(=O)CCCCC/C=C\CCCCCCCC. The summed E-state index contributed by atoms with van der Waals surface area (Å²) in [6.07, 6.45) is 61.7. The van der Waals surface area contributed by atoms with Gasteiger partial charge in [0.1, 0.15) is 13.2 Å². The van der Waals surface area contributed by atoms with Gasteiger partial charge in [-0.2, -0.15) is 0 Å². The van der Waals surface area contributed by atoms with E-state index in [1.165, 1.54) is 103 Å². The Morgan fingerprint density at radius 1 is 0.328 bits per heavy atom. The third-order valence-electron chi connectivity index (χ3n) is 10.7. The molecule has 6 heteroatoms. The quantitative estimate of drug-likeness (QED) is 0.0263. The van der Waals surface area contributed by atoms with Gasteiger partial charge in [-0.3, -0.25) is 14.4 Å². The van der Waals surface area contributed by atoms with Gasteiger partial charge in [0.05, 0.1) is 0 Å². The Bertz CT molecular complexity index is 1160. The second-order valence-electron chi connectivity index (χ2n) is 16.7. The smallest absolute Gasteiger partial charge is 0.306 e. The summed E-state index contributed by atoms with van der Waals surface area (Å²) in [5.41, 5.74) is 0. The van der Waals surface area contributed by atoms with Gasteiger partial charge in [0.25, 0.3) is 0 Å². The van der Waals surface area contributed by atoms with Crippen molar-refractivity contribution in [2.24, 2.45) is 0 Å². The second-order valence-corrected chi connectivity index (χ2v) is 16.7. The van der Waals surface area contributed by atoms with Gasteiger partial charge >= 0.3 is 17.9 Å². The van der Waals surface area contributed by atoms with Crippen LogP contribution in [-0.2, 0) is 28.6 Å². The summed E-state index contributed by atoms with van der Waals surface area (Å²) in [5, 5.41) is 0. The highest BCUT2D eigenvalue weighted by molar-refractivity contribution is 5.71. The van der Waals surface area contributed by atoms with Crippen molar-refractivity contribution in [1.29, 1.82) is 0 Å². The molecule has 1 atom stereocenters. The molecule has 350 valence electrons. The molecule has 0 rings (SSSR count). The summed E-state index contributed by atoms with van der Waals surface area (Å²) in [7, 11) is 0. The molecular weight excluding hydrogens is 757 g/mol. The highest BCUT2D eigenvalue weighted by atomic mass is 16.6. The second kappa shape index (κ2) is 49.5. The minimum absolute atomic E-state index is 0.106. The van der Waals surface area contributed by atoms with Crippen LogP contribution in [0.4, 0.5) is 0 Å². The van der Waals surface area contributed by atoms with E-state index >= 15 is 0 Å². The average molecular weight is 851 g/mol. The van der Waals surface area contributed by atoms with Crippen LogP contribution in [0, 0.1) is 0 Å². The molecule has 61 heavy (non-hydrogen) atoms. The molecule has 0 bridgehead atoms. The molecule has 0 spiro atoms. The van der Waals surface area contributed by atoms with E-state index in [4.69, 9.17) is 14.2 Å². The van der Waals surface area contributed by atoms with Crippen LogP contribution in [0.15, 0.2) is 72.9 Å². The molecule has 0 aromatic carbocycles. The highest BCUT2D eigenvalue weighted by Crippen LogP contribution is 2.12. The largest absolute Gasteiger partial charge is 0.462 e. The van der Waals surface area contributed by atoms with Crippen molar-refractivity contribution in [3.05, 3.63) is 72.9 Å². The van der Waals surface area contributed by atoms with Crippen LogP contribution in [0.1, 0.15) is 239 Å². The van der Waals surface area contributed by atoms with Gasteiger partial charge < -0.3 is 14.2 Å². The first-order valence-electron chi connectivity index (χ1n) is 25.4. The molecule has 0 amide bonds. The van der Waals surface area contributed by atoms with Gasteiger partial charge in [-0.25, -0.2) is 0 Å². The summed E-state index contributed by atoms with van der Waals surface area (Å²) in [6, 6.07) is 0. The van der Waals surface area contributed by atoms with E-state index in [1.807, 2.05) is 0 Å². The standard InChI is InChI=1S/C55H94O6/c1-4-7-10-13-16-19-22-25-26-27-28-31-33-36-39-42-45-48-54(57)60-51-52(61-55(58)49-46-43-40-37-34-30-24-21-18-15-12-9-6-3)50-59-53(56)47-44-41-38-35-32-29-23-20-17-14-11-8-5-2/h16,19,25-26,28-32,34,36,39,52H,4-15,17-18,20-24,27,33,35,37-38,40-51H2,1-3H3/b19-16-,26-25-,31-28-,32-29-,34-30-,39-36-. The first-order valence-corrected chi connectivity index (χ1v) is 25.4. The predicted octanol–water partition coefficient (Wildman–Crippen LogP) is 16.6. The fourth-order valence-corrected chi connectivity index (χ4v) is 6.78. The van der Waals surface area contributed by atoms with Gasteiger partial charge in [0, 0.05) is 19.3 Å². The van der Waals surface area contributed by atoms with Crippen molar-refractivity contribution >= 4 is 17.9 Å². The molecule has 0 fully saturated rings. The fraction of sp³-hybridized carbons (Fsp3) is 0.727. The van der Waals surface area contributed by atoms with Gasteiger partial charge in [-0.1, -0.05) is 184 Å². The van der Waals surface area contributed by atoms with Crippen LogP contribution in [0.25, 0.3) is 0 Å². The fourth-order valence-electron chi connectivity index (χ4n) is 6.78. The molecule has 0 aromatic heterocycles. The van der Waals surface area contributed by atoms with E-state index < -0.39 is 6.10 Å². The van der Waals surface area contributed by atoms with Crippen molar-refractivity contribution < 1.29 is 28.6 Å². The number of unbranched alkanes of at least 4 members (excludes halogenated alkanes) is 22. The predicted molar refractivity (Wildman–Crippen MR) is 261 cm³/mol. The van der Waals surface area contributed by atoms with Gasteiger partial charge in [-0.15, -0.1) is 0 Å². The summed E-state index contributed by atoms with van der Waals surface area (Å²) in [5.74, 6) is -0.996. The lowest BCUT2D eigenvalue weighted by atomic mass is 10.1. The van der Waals surface area contributed by atoms with Gasteiger partial charge in [0.2, 0.25) is 0 Å². The zero-order chi connectivity index (χ0) is 44.4. The van der Waals surface area contributed by atoms with Crippen molar-refractivity contribution in [2.75, 3.05) is 13.2 Å². The first-order chi connectivity index (χ1) is 30.0. The van der Waals surface area contributed by atoms with E-state index in [0.717, 1.165) is 89.9 Å². The number of allylic oxidation sites excluding steroid dienone is 12. The normalized spacial score (nSPS) is 12.6. The lowest BCUT2D eigenvalue weighted by Gasteiger charge is -2.18. The Balaban J connectivity index is 4.51. The molecule has 0 saturated carbocycles. The number of hydrogen-bond donors (Lipinski definition) is 0. The Morgan fingerprint density at radius 3 is 1.03 bits per heavy atom. The van der Waals surface area contributed by atoms with E-state index in [0.29, 0.717) is 19.3 Å². The number of ether oxygens (including phenoxy) is 3. The zero-order valence-electron chi connectivity index (χ0n) is 39.9. The van der Waals surface area contributed by atoms with E-state index in [-0.39, 0.29) is 37.5 Å². The van der Waals surface area contributed by atoms with Crippen molar-refractivity contribution in [3.8, 4) is 0 Å². The maximum absolute atomic E-state index is 12.8. The molecule has 0 saturated heterocycles. The zero-order valence-corrected chi connectivity index (χ0v) is 39.9. The number of carbonyl (C=O) groups is 3. The highest BCUT2D eigenvalue weighted by Gasteiger charge is 2.19. The topological polar surface area (TPSA) is 78.9 Å². The van der Waals surface area contributed by atoms with Crippen LogP contribution in [0.3, 0.4) is 0 Å². The van der Waals surface area contributed by atoms with Crippen LogP contribution >= 0.6 is 0 Å². The van der Waals surface area contributed by atoms with Crippen LogP contribution < -0.4 is 0 Å². The Hall–Kier alpha value is -3.15. The Labute approximate surface area is 376 Å². The lowest BCUT2D eigenvalue weighted by Crippen LogP contribution is -2.30. The van der Waals surface area contributed by atoms with Gasteiger partial charge in [0.15, 0.2) is 6.10 Å². The monoisotopic (exact) mass is 851 g/mol. The molecule has 1 unspecified atom stereocenters. The van der Waals surface area contributed by atoms with Crippen LogP contribution in [0.2, 0.25) is 0 Å². The summed E-state index contributed by atoms with van der Waals surface area (Å²) in [6.45, 7) is 6.51. The lowest BCUT2D eigenvalue weighted by molar-refractivity contribution is -0.167. The van der Waals surface area contributed by atoms with E-state index in [2.05, 4.69) is 93.7 Å². The maximum atomic E-state index is 12.8. The minimum atomic E-state index is -0.810. The number of esters is 3. The summed E-state index contributed by atoms with van der Waals surface area (Å²) < 4.78 is 16.7. The number of hydrogen-bond acceptors (Lipinski definition) is 6. The average Bonchev–Trinajstić information content (AvgIpc) is 3.26. The summed E-state index contributed by atoms with van der Waals surface area (Å²) >= 11 is 0. The van der Waals surface area contributed by atoms with Crippen LogP contribution in [0.5, 0.6) is 0 Å². The van der Waals surface area contributed by atoms with E-state index in [9.17, 15) is 14.4 Å². The molecule has 0 N–H and O–H groups in total. The molecule has 0 aliphatic rings. The maximum Gasteiger partial charge on any atom is 0.306 e. The van der Waals surface area contributed by atoms with Crippen molar-refractivity contribution in [1.82, 2.24) is 0 Å². The molecule has 0 aromatic rings. The van der Waals surface area contributed by atoms with Gasteiger partial charge in [-0.05, 0) is 109 Å². The molecule has 6 nitrogen and oxygen atoms in total. The number of carbonyl (C=O) groups excluding carboxylic acids is 3. The molecule has 0 aliphatic heterocycles. The Kier molecular flexibility index (Phi) is 46.9. The molecule has 0 radical (unpaired) electrons. The molecular formula is C55H94O6. The molecule has 0 heterocycles.